The van der Waals surface area contributed by atoms with Crippen molar-refractivity contribution in [1.29, 1.82) is 0 Å². The molecule has 0 saturated heterocycles. The van der Waals surface area contributed by atoms with Crippen LogP contribution in [0.1, 0.15) is 35.7 Å². The van der Waals surface area contributed by atoms with Gasteiger partial charge in [-0.2, -0.15) is 0 Å². The topological polar surface area (TPSA) is 108 Å². The quantitative estimate of drug-likeness (QED) is 0.288. The van der Waals surface area contributed by atoms with E-state index in [1.807, 2.05) is 0 Å². The van der Waals surface area contributed by atoms with Crippen molar-refractivity contribution in [2.45, 2.75) is 26.4 Å². The van der Waals surface area contributed by atoms with Crippen molar-refractivity contribution in [3.63, 3.8) is 0 Å². The molecule has 0 aliphatic heterocycles. The minimum absolute atomic E-state index is 0.0172. The third kappa shape index (κ3) is 6.70. The number of nitro groups is 1. The van der Waals surface area contributed by atoms with E-state index >= 15 is 0 Å². The number of benzene rings is 1. The van der Waals surface area contributed by atoms with Crippen LogP contribution in [0.25, 0.3) is 0 Å². The average molecular weight is 392 g/mol. The Morgan fingerprint density at radius 1 is 1.26 bits per heavy atom. The molecule has 1 heterocycles. The van der Waals surface area contributed by atoms with E-state index in [9.17, 15) is 19.7 Å². The molecule has 9 heteroatoms. The van der Waals surface area contributed by atoms with Crippen molar-refractivity contribution in [1.82, 2.24) is 5.32 Å². The lowest BCUT2D eigenvalue weighted by Crippen LogP contribution is -2.30. The van der Waals surface area contributed by atoms with Crippen LogP contribution in [-0.2, 0) is 16.1 Å². The Morgan fingerprint density at radius 2 is 2.00 bits per heavy atom. The average Bonchev–Trinajstić information content (AvgIpc) is 3.14. The van der Waals surface area contributed by atoms with Gasteiger partial charge in [0.1, 0.15) is 18.9 Å². The number of hydrogen-bond donors (Lipinski definition) is 1. The predicted octanol–water partition coefficient (Wildman–Crippen LogP) is 3.31. The van der Waals surface area contributed by atoms with Gasteiger partial charge < -0.3 is 14.8 Å². The first-order valence-electron chi connectivity index (χ1n) is 8.38. The molecule has 1 aromatic carbocycles. The number of amides is 1. The Kier molecular flexibility index (Phi) is 7.75. The number of unbranched alkanes of at least 4 members (excludes halogenated alkanes) is 1. The van der Waals surface area contributed by atoms with E-state index in [1.54, 1.807) is 29.6 Å². The lowest BCUT2D eigenvalue weighted by Gasteiger charge is -2.08. The van der Waals surface area contributed by atoms with Gasteiger partial charge in [-0.3, -0.25) is 19.7 Å². The molecule has 0 saturated carbocycles. The lowest BCUT2D eigenvalue weighted by molar-refractivity contribution is -0.380. The second-order valence-electron chi connectivity index (χ2n) is 5.62. The monoisotopic (exact) mass is 392 g/mol. The van der Waals surface area contributed by atoms with E-state index in [2.05, 4.69) is 12.2 Å². The molecule has 8 nitrogen and oxygen atoms in total. The Bertz CT molecular complexity index is 787. The summed E-state index contributed by atoms with van der Waals surface area (Å²) in [7, 11) is 0. The molecule has 0 aliphatic rings. The van der Waals surface area contributed by atoms with Crippen LogP contribution in [0.5, 0.6) is 5.75 Å². The van der Waals surface area contributed by atoms with Gasteiger partial charge in [-0.15, -0.1) is 0 Å². The first kappa shape index (κ1) is 20.4. The maximum absolute atomic E-state index is 12.0. The normalized spacial score (nSPS) is 10.3. The molecule has 0 aliphatic carbocycles. The van der Waals surface area contributed by atoms with E-state index in [4.69, 9.17) is 9.47 Å². The second-order valence-corrected chi connectivity index (χ2v) is 6.51. The molecule has 0 unspecified atom stereocenters. The highest BCUT2D eigenvalue weighted by Crippen LogP contribution is 2.22. The molecule has 1 aromatic heterocycles. The van der Waals surface area contributed by atoms with Gasteiger partial charge in [0.2, 0.25) is 0 Å². The van der Waals surface area contributed by atoms with E-state index in [0.717, 1.165) is 24.2 Å². The molecule has 27 heavy (non-hydrogen) atoms. The second kappa shape index (κ2) is 10.3. The number of nitrogens with zero attached hydrogens (tertiary/aromatic N) is 1. The first-order valence-corrected chi connectivity index (χ1v) is 9.26. The fourth-order valence-corrected chi connectivity index (χ4v) is 2.75. The number of rotatable bonds is 10. The third-order valence-corrected chi connectivity index (χ3v) is 4.43. The van der Waals surface area contributed by atoms with Crippen LogP contribution < -0.4 is 10.1 Å². The van der Waals surface area contributed by atoms with Gasteiger partial charge in [-0.05, 0) is 30.7 Å². The smallest absolute Gasteiger partial charge is 0.325 e. The van der Waals surface area contributed by atoms with Gasteiger partial charge >= 0.3 is 11.0 Å². The molecule has 1 amide bonds. The van der Waals surface area contributed by atoms with Crippen LogP contribution in [0.3, 0.4) is 0 Å². The standard InChI is InChI=1S/C18H20N2O6S/c1-2-3-8-25-15-6-4-14(5-7-15)18(22)19-10-17(21)26-11-13-9-16(20(23)24)27-12-13/h4-7,9,12H,2-3,8,10-11H2,1H3,(H,19,22). The summed E-state index contributed by atoms with van der Waals surface area (Å²) in [4.78, 5) is 33.8. The van der Waals surface area contributed by atoms with Gasteiger partial charge in [-0.1, -0.05) is 24.7 Å². The van der Waals surface area contributed by atoms with Gasteiger partial charge in [0, 0.05) is 22.6 Å². The minimum atomic E-state index is -0.628. The number of carbonyl (C=O) groups excluding carboxylic acids is 2. The lowest BCUT2D eigenvalue weighted by atomic mass is 10.2. The highest BCUT2D eigenvalue weighted by Gasteiger charge is 2.12. The Hall–Kier alpha value is -2.94. The number of nitrogens with one attached hydrogen (secondary N) is 1. The SMILES string of the molecule is CCCCOc1ccc(C(=O)NCC(=O)OCc2csc([N+](=O)[O-])c2)cc1. The maximum atomic E-state index is 12.0. The molecule has 0 fully saturated rings. The summed E-state index contributed by atoms with van der Waals surface area (Å²) in [5.41, 5.74) is 0.934. The Labute approximate surface area is 160 Å². The summed E-state index contributed by atoms with van der Waals surface area (Å²) in [6, 6.07) is 7.98. The molecular formula is C18H20N2O6S. The summed E-state index contributed by atoms with van der Waals surface area (Å²) in [5, 5.41) is 14.6. The zero-order valence-electron chi connectivity index (χ0n) is 14.8. The first-order chi connectivity index (χ1) is 13.0. The Morgan fingerprint density at radius 3 is 2.63 bits per heavy atom. The van der Waals surface area contributed by atoms with Crippen molar-refractivity contribution in [3.8, 4) is 5.75 Å². The van der Waals surface area contributed by atoms with Gasteiger partial charge in [0.15, 0.2) is 0 Å². The van der Waals surface area contributed by atoms with Crippen LogP contribution in [0.4, 0.5) is 5.00 Å². The fourth-order valence-electron chi connectivity index (χ4n) is 2.04. The number of hydrogen-bond acceptors (Lipinski definition) is 7. The van der Waals surface area contributed by atoms with E-state index in [1.165, 1.54) is 6.07 Å². The molecule has 144 valence electrons. The largest absolute Gasteiger partial charge is 0.494 e. The summed E-state index contributed by atoms with van der Waals surface area (Å²) >= 11 is 0.962. The maximum Gasteiger partial charge on any atom is 0.325 e. The van der Waals surface area contributed by atoms with Crippen LogP contribution in [0, 0.1) is 10.1 Å². The van der Waals surface area contributed by atoms with E-state index in [-0.39, 0.29) is 18.2 Å². The van der Waals surface area contributed by atoms with Crippen molar-refractivity contribution < 1.29 is 24.0 Å². The highest BCUT2D eigenvalue weighted by molar-refractivity contribution is 7.13. The third-order valence-electron chi connectivity index (χ3n) is 3.50. The summed E-state index contributed by atoms with van der Waals surface area (Å²) in [6.07, 6.45) is 2.00. The minimum Gasteiger partial charge on any atom is -0.494 e. The highest BCUT2D eigenvalue weighted by atomic mass is 32.1. The number of esters is 1. The van der Waals surface area contributed by atoms with Crippen molar-refractivity contribution in [2.24, 2.45) is 0 Å². The molecule has 2 rings (SSSR count). The van der Waals surface area contributed by atoms with Crippen molar-refractivity contribution >= 4 is 28.2 Å². The number of ether oxygens (including phenoxy) is 2. The van der Waals surface area contributed by atoms with Crippen LogP contribution in [0.15, 0.2) is 35.7 Å². The zero-order chi connectivity index (χ0) is 19.6. The predicted molar refractivity (Wildman–Crippen MR) is 99.9 cm³/mol. The number of thiophene rings is 1. The van der Waals surface area contributed by atoms with Gasteiger partial charge in [-0.25, -0.2) is 0 Å². The molecule has 0 bridgehead atoms. The van der Waals surface area contributed by atoms with Crippen LogP contribution in [-0.4, -0.2) is 30.0 Å². The van der Waals surface area contributed by atoms with Gasteiger partial charge in [0.25, 0.3) is 5.91 Å². The summed E-state index contributed by atoms with van der Waals surface area (Å²) in [6.45, 7) is 2.33. The molecular weight excluding hydrogens is 372 g/mol. The molecule has 2 aromatic rings. The van der Waals surface area contributed by atoms with Crippen molar-refractivity contribution in [2.75, 3.05) is 13.2 Å². The summed E-state index contributed by atoms with van der Waals surface area (Å²) in [5.74, 6) is -0.348. The van der Waals surface area contributed by atoms with E-state index in [0.29, 0.717) is 23.5 Å². The van der Waals surface area contributed by atoms with E-state index < -0.39 is 16.8 Å². The van der Waals surface area contributed by atoms with Crippen LogP contribution >= 0.6 is 11.3 Å². The number of carbonyl (C=O) groups is 2. The molecule has 1 N–H and O–H groups in total. The fraction of sp³-hybridized carbons (Fsp3) is 0.333. The zero-order valence-corrected chi connectivity index (χ0v) is 15.6. The van der Waals surface area contributed by atoms with Crippen LogP contribution in [0.2, 0.25) is 0 Å². The Balaban J connectivity index is 1.73. The summed E-state index contributed by atoms with van der Waals surface area (Å²) < 4.78 is 10.5. The molecule has 0 atom stereocenters. The van der Waals surface area contributed by atoms with Gasteiger partial charge in [0.05, 0.1) is 11.5 Å². The molecule has 0 radical (unpaired) electrons. The van der Waals surface area contributed by atoms with Crippen molar-refractivity contribution in [3.05, 3.63) is 57.0 Å². The molecule has 0 spiro atoms.